The maximum Gasteiger partial charge on any atom is 0.347 e. The largest absolute Gasteiger partial charge is 0.478 e. The van der Waals surface area contributed by atoms with Gasteiger partial charge in [-0.15, -0.1) is 0 Å². The molecule has 1 rings (SSSR count). The van der Waals surface area contributed by atoms with Gasteiger partial charge in [0.15, 0.2) is 0 Å². The van der Waals surface area contributed by atoms with Crippen LogP contribution in [0.25, 0.3) is 0 Å². The van der Waals surface area contributed by atoms with Gasteiger partial charge in [-0.1, -0.05) is 25.5 Å². The van der Waals surface area contributed by atoms with Crippen molar-refractivity contribution in [3.63, 3.8) is 0 Å². The van der Waals surface area contributed by atoms with Crippen molar-refractivity contribution in [3.8, 4) is 5.75 Å². The van der Waals surface area contributed by atoms with E-state index in [1.807, 2.05) is 32.9 Å². The minimum Gasteiger partial charge on any atom is -0.478 e. The number of aliphatic carboxylic acids is 1. The van der Waals surface area contributed by atoms with Crippen LogP contribution in [-0.2, 0) is 11.3 Å². The van der Waals surface area contributed by atoms with E-state index in [1.54, 1.807) is 19.1 Å². The predicted molar refractivity (Wildman–Crippen MR) is 80.5 cm³/mol. The summed E-state index contributed by atoms with van der Waals surface area (Å²) in [6, 6.07) is 7.42. The molecule has 4 heteroatoms. The number of carboxylic acid groups (broad SMARTS) is 1. The van der Waals surface area contributed by atoms with Crippen LogP contribution in [-0.4, -0.2) is 22.4 Å². The molecule has 0 saturated heterocycles. The van der Waals surface area contributed by atoms with Gasteiger partial charge < -0.3 is 9.84 Å². The lowest BCUT2D eigenvalue weighted by Gasteiger charge is -2.26. The zero-order valence-electron chi connectivity index (χ0n) is 12.6. The van der Waals surface area contributed by atoms with Crippen molar-refractivity contribution in [1.82, 2.24) is 0 Å². The van der Waals surface area contributed by atoms with Crippen molar-refractivity contribution in [2.45, 2.75) is 52.7 Å². The topological polar surface area (TPSA) is 58.9 Å². The number of ether oxygens (including phenoxy) is 1. The molecule has 0 aliphatic rings. The number of aliphatic imine (C=N–C) groups is 1. The summed E-state index contributed by atoms with van der Waals surface area (Å²) in [6.45, 7) is 8.10. The summed E-state index contributed by atoms with van der Waals surface area (Å²) in [7, 11) is 0. The van der Waals surface area contributed by atoms with Crippen molar-refractivity contribution in [3.05, 3.63) is 29.8 Å². The smallest absolute Gasteiger partial charge is 0.347 e. The van der Waals surface area contributed by atoms with Crippen molar-refractivity contribution >= 4 is 11.7 Å². The number of rotatable bonds is 7. The van der Waals surface area contributed by atoms with Crippen molar-refractivity contribution in [2.24, 2.45) is 4.99 Å². The molecule has 0 saturated carbocycles. The number of hydrogen-bond donors (Lipinski definition) is 1. The summed E-state index contributed by atoms with van der Waals surface area (Å²) in [5.41, 5.74) is 0.937. The van der Waals surface area contributed by atoms with E-state index in [4.69, 9.17) is 4.74 Å². The van der Waals surface area contributed by atoms with Gasteiger partial charge in [0.1, 0.15) is 5.75 Å². The normalized spacial score (nSPS) is 13.4. The van der Waals surface area contributed by atoms with Gasteiger partial charge in [0.25, 0.3) is 0 Å². The minimum absolute atomic E-state index is 0.476. The number of carboxylic acids is 1. The maximum absolute atomic E-state index is 11.3. The quantitative estimate of drug-likeness (QED) is 0.773. The highest BCUT2D eigenvalue weighted by Crippen LogP contribution is 2.23. The van der Waals surface area contributed by atoms with E-state index >= 15 is 0 Å². The van der Waals surface area contributed by atoms with Gasteiger partial charge in [0, 0.05) is 5.71 Å². The second kappa shape index (κ2) is 7.08. The second-order valence-electron chi connectivity index (χ2n) is 5.30. The summed E-state index contributed by atoms with van der Waals surface area (Å²) in [4.78, 5) is 15.7. The van der Waals surface area contributed by atoms with Crippen molar-refractivity contribution in [1.29, 1.82) is 0 Å². The molecule has 1 N–H and O–H groups in total. The van der Waals surface area contributed by atoms with Gasteiger partial charge in [-0.05, 0) is 44.9 Å². The number of carbonyl (C=O) groups is 1. The Morgan fingerprint density at radius 3 is 2.35 bits per heavy atom. The lowest BCUT2D eigenvalue weighted by atomic mass is 10.0. The first kappa shape index (κ1) is 16.2. The molecule has 0 amide bonds. The second-order valence-corrected chi connectivity index (χ2v) is 5.30. The Kier molecular flexibility index (Phi) is 5.74. The Morgan fingerprint density at radius 1 is 1.30 bits per heavy atom. The van der Waals surface area contributed by atoms with Gasteiger partial charge in [0.2, 0.25) is 5.60 Å². The van der Waals surface area contributed by atoms with E-state index in [0.717, 1.165) is 17.7 Å². The highest BCUT2D eigenvalue weighted by Gasteiger charge is 2.34. The Bertz CT molecular complexity index is 475. The van der Waals surface area contributed by atoms with Gasteiger partial charge in [0.05, 0.1) is 6.54 Å². The number of nitrogens with zero attached hydrogens (tertiary/aromatic N) is 1. The molecule has 0 bridgehead atoms. The third kappa shape index (κ3) is 4.68. The zero-order chi connectivity index (χ0) is 15.2. The summed E-state index contributed by atoms with van der Waals surface area (Å²) in [5.74, 6) is -0.362. The highest BCUT2D eigenvalue weighted by atomic mass is 16.5. The fraction of sp³-hybridized carbons (Fsp3) is 0.500. The Morgan fingerprint density at radius 2 is 1.90 bits per heavy atom. The molecule has 1 aromatic rings. The standard InChI is InChI=1S/C16H23NO3/c1-5-10-16(4,15(18)19)20-14-8-6-13(7-9-14)11-17-12(2)3/h6-9H,5,10-11H2,1-4H3,(H,18,19). The van der Waals surface area contributed by atoms with Gasteiger partial charge in [-0.2, -0.15) is 0 Å². The fourth-order valence-electron chi connectivity index (χ4n) is 1.85. The Hall–Kier alpha value is -1.84. The highest BCUT2D eigenvalue weighted by molar-refractivity contribution is 5.79. The molecule has 4 nitrogen and oxygen atoms in total. The van der Waals surface area contributed by atoms with Crippen LogP contribution in [0.3, 0.4) is 0 Å². The average Bonchev–Trinajstić information content (AvgIpc) is 2.38. The van der Waals surface area contributed by atoms with E-state index in [-0.39, 0.29) is 0 Å². The summed E-state index contributed by atoms with van der Waals surface area (Å²) < 4.78 is 5.65. The molecule has 1 unspecified atom stereocenters. The SMILES string of the molecule is CCCC(C)(Oc1ccc(CN=C(C)C)cc1)C(=O)O. The molecule has 1 aromatic carbocycles. The van der Waals surface area contributed by atoms with E-state index in [1.165, 1.54) is 0 Å². The van der Waals surface area contributed by atoms with Crippen LogP contribution in [0.2, 0.25) is 0 Å². The monoisotopic (exact) mass is 277 g/mol. The van der Waals surface area contributed by atoms with E-state index < -0.39 is 11.6 Å². The van der Waals surface area contributed by atoms with Gasteiger partial charge in [-0.3, -0.25) is 4.99 Å². The maximum atomic E-state index is 11.3. The molecule has 0 aliphatic carbocycles. The zero-order valence-corrected chi connectivity index (χ0v) is 12.6. The van der Waals surface area contributed by atoms with Crippen molar-refractivity contribution in [2.75, 3.05) is 0 Å². The van der Waals surface area contributed by atoms with Crippen LogP contribution in [0.5, 0.6) is 5.75 Å². The third-order valence-electron chi connectivity index (χ3n) is 3.02. The molecular weight excluding hydrogens is 254 g/mol. The molecule has 0 heterocycles. The van der Waals surface area contributed by atoms with E-state index in [2.05, 4.69) is 4.99 Å². The summed E-state index contributed by atoms with van der Waals surface area (Å²) >= 11 is 0. The average molecular weight is 277 g/mol. The summed E-state index contributed by atoms with van der Waals surface area (Å²) in [6.07, 6.45) is 1.23. The van der Waals surface area contributed by atoms with Gasteiger partial charge in [-0.25, -0.2) is 4.79 Å². The lowest BCUT2D eigenvalue weighted by Crippen LogP contribution is -2.41. The first-order valence-corrected chi connectivity index (χ1v) is 6.86. The molecule has 20 heavy (non-hydrogen) atoms. The van der Waals surface area contributed by atoms with Crippen LogP contribution in [0, 0.1) is 0 Å². The molecule has 0 aliphatic heterocycles. The molecule has 0 radical (unpaired) electrons. The number of hydrogen-bond acceptors (Lipinski definition) is 3. The first-order valence-electron chi connectivity index (χ1n) is 6.86. The number of benzene rings is 1. The Balaban J connectivity index is 2.78. The Labute approximate surface area is 120 Å². The molecule has 110 valence electrons. The van der Waals surface area contributed by atoms with Crippen LogP contribution in [0.15, 0.2) is 29.3 Å². The predicted octanol–water partition coefficient (Wildman–Crippen LogP) is 3.69. The molecule has 0 aromatic heterocycles. The lowest BCUT2D eigenvalue weighted by molar-refractivity contribution is -0.154. The minimum atomic E-state index is -1.17. The van der Waals surface area contributed by atoms with Crippen LogP contribution in [0.4, 0.5) is 0 Å². The third-order valence-corrected chi connectivity index (χ3v) is 3.02. The van der Waals surface area contributed by atoms with E-state index in [9.17, 15) is 9.90 Å². The molecular formula is C16H23NO3. The molecule has 1 atom stereocenters. The van der Waals surface area contributed by atoms with Gasteiger partial charge >= 0.3 is 5.97 Å². The fourth-order valence-corrected chi connectivity index (χ4v) is 1.85. The molecule has 0 fully saturated rings. The van der Waals surface area contributed by atoms with Crippen LogP contribution < -0.4 is 4.74 Å². The molecule has 0 spiro atoms. The van der Waals surface area contributed by atoms with Crippen molar-refractivity contribution < 1.29 is 14.6 Å². The van der Waals surface area contributed by atoms with E-state index in [0.29, 0.717) is 18.7 Å². The summed E-state index contributed by atoms with van der Waals surface area (Å²) in [5, 5.41) is 9.28. The van der Waals surface area contributed by atoms with Crippen LogP contribution >= 0.6 is 0 Å². The van der Waals surface area contributed by atoms with Crippen LogP contribution in [0.1, 0.15) is 46.1 Å². The first-order chi connectivity index (χ1) is 9.37.